The average molecular weight is 249 g/mol. The van der Waals surface area contributed by atoms with Crippen molar-refractivity contribution in [1.29, 1.82) is 0 Å². The van der Waals surface area contributed by atoms with Crippen molar-refractivity contribution in [3.8, 4) is 0 Å². The van der Waals surface area contributed by atoms with Gasteiger partial charge in [-0.15, -0.1) is 0 Å². The standard InChI is InChI=1S/C12H15N3O3/c13-9(11(16)17)7-8-3-1-2-4-10(8)15-6-5-14-12(15)18/h1-4,9H,5-7,13H2,(H,14,18)(H,16,17). The topological polar surface area (TPSA) is 95.7 Å². The first-order chi connectivity index (χ1) is 8.59. The van der Waals surface area contributed by atoms with Crippen molar-refractivity contribution in [3.05, 3.63) is 29.8 Å². The van der Waals surface area contributed by atoms with Crippen molar-refractivity contribution in [2.75, 3.05) is 18.0 Å². The Morgan fingerprint density at radius 1 is 1.50 bits per heavy atom. The molecule has 1 aromatic carbocycles. The van der Waals surface area contributed by atoms with Crippen LogP contribution in [0.25, 0.3) is 0 Å². The second kappa shape index (κ2) is 5.05. The van der Waals surface area contributed by atoms with Gasteiger partial charge in [0.05, 0.1) is 0 Å². The lowest BCUT2D eigenvalue weighted by Crippen LogP contribution is -2.34. The number of anilines is 1. The zero-order valence-corrected chi connectivity index (χ0v) is 9.80. The molecule has 1 unspecified atom stereocenters. The van der Waals surface area contributed by atoms with Gasteiger partial charge in [-0.3, -0.25) is 9.69 Å². The minimum Gasteiger partial charge on any atom is -0.480 e. The largest absolute Gasteiger partial charge is 0.480 e. The molecule has 1 saturated heterocycles. The number of carboxylic acids is 1. The van der Waals surface area contributed by atoms with Crippen LogP contribution < -0.4 is 16.0 Å². The highest BCUT2D eigenvalue weighted by atomic mass is 16.4. The Bertz CT molecular complexity index is 475. The first-order valence-electron chi connectivity index (χ1n) is 5.71. The minimum absolute atomic E-state index is 0.161. The maximum atomic E-state index is 11.6. The van der Waals surface area contributed by atoms with Crippen molar-refractivity contribution < 1.29 is 14.7 Å². The van der Waals surface area contributed by atoms with Crippen LogP contribution in [0, 0.1) is 0 Å². The fourth-order valence-corrected chi connectivity index (χ4v) is 1.97. The SMILES string of the molecule is NC(Cc1ccccc1N1CCNC1=O)C(=O)O. The molecule has 1 fully saturated rings. The van der Waals surface area contributed by atoms with Gasteiger partial charge >= 0.3 is 12.0 Å². The van der Waals surface area contributed by atoms with Crippen LogP contribution in [0.3, 0.4) is 0 Å². The summed E-state index contributed by atoms with van der Waals surface area (Å²) in [6, 6.07) is 6.10. The molecule has 6 heteroatoms. The summed E-state index contributed by atoms with van der Waals surface area (Å²) >= 11 is 0. The maximum Gasteiger partial charge on any atom is 0.322 e. The Labute approximate surface area is 104 Å². The fraction of sp³-hybridized carbons (Fsp3) is 0.333. The highest BCUT2D eigenvalue weighted by Gasteiger charge is 2.24. The molecule has 0 radical (unpaired) electrons. The van der Waals surface area contributed by atoms with Crippen molar-refractivity contribution in [2.24, 2.45) is 5.73 Å². The van der Waals surface area contributed by atoms with Gasteiger partial charge in [-0.1, -0.05) is 18.2 Å². The van der Waals surface area contributed by atoms with Crippen LogP contribution in [-0.4, -0.2) is 36.2 Å². The van der Waals surface area contributed by atoms with E-state index in [1.54, 1.807) is 23.1 Å². The fourth-order valence-electron chi connectivity index (χ4n) is 1.97. The van der Waals surface area contributed by atoms with Crippen LogP contribution >= 0.6 is 0 Å². The first kappa shape index (κ1) is 12.4. The molecule has 6 nitrogen and oxygen atoms in total. The minimum atomic E-state index is -1.05. The van der Waals surface area contributed by atoms with E-state index in [1.807, 2.05) is 6.07 Å². The van der Waals surface area contributed by atoms with Gasteiger partial charge in [-0.05, 0) is 11.6 Å². The molecule has 1 aliphatic heterocycles. The molecule has 1 aliphatic rings. The predicted octanol–water partition coefficient (Wildman–Crippen LogP) is 0.171. The number of benzene rings is 1. The number of nitrogens with one attached hydrogen (secondary N) is 1. The van der Waals surface area contributed by atoms with Crippen LogP contribution in [0.4, 0.5) is 10.5 Å². The van der Waals surface area contributed by atoms with E-state index in [-0.39, 0.29) is 12.5 Å². The van der Waals surface area contributed by atoms with Crippen LogP contribution in [-0.2, 0) is 11.2 Å². The Kier molecular flexibility index (Phi) is 3.47. The van der Waals surface area contributed by atoms with E-state index in [0.717, 1.165) is 11.3 Å². The van der Waals surface area contributed by atoms with E-state index < -0.39 is 12.0 Å². The molecule has 18 heavy (non-hydrogen) atoms. The number of carbonyl (C=O) groups is 2. The Hall–Kier alpha value is -2.08. The summed E-state index contributed by atoms with van der Waals surface area (Å²) < 4.78 is 0. The highest BCUT2D eigenvalue weighted by Crippen LogP contribution is 2.23. The summed E-state index contributed by atoms with van der Waals surface area (Å²) in [7, 11) is 0. The highest BCUT2D eigenvalue weighted by molar-refractivity contribution is 5.94. The Morgan fingerprint density at radius 2 is 2.22 bits per heavy atom. The number of hydrogen-bond donors (Lipinski definition) is 3. The summed E-state index contributed by atoms with van der Waals surface area (Å²) in [5.74, 6) is -1.05. The Balaban J connectivity index is 2.25. The molecule has 4 N–H and O–H groups in total. The summed E-state index contributed by atoms with van der Waals surface area (Å²) in [6.45, 7) is 1.18. The summed E-state index contributed by atoms with van der Waals surface area (Å²) in [6.07, 6.45) is 0.204. The molecule has 0 spiro atoms. The van der Waals surface area contributed by atoms with Gasteiger partial charge < -0.3 is 16.2 Å². The number of nitrogens with zero attached hydrogens (tertiary/aromatic N) is 1. The van der Waals surface area contributed by atoms with E-state index in [4.69, 9.17) is 10.8 Å². The van der Waals surface area contributed by atoms with Gasteiger partial charge in [0.1, 0.15) is 6.04 Å². The molecule has 0 saturated carbocycles. The molecular formula is C12H15N3O3. The molecule has 2 amide bonds. The van der Waals surface area contributed by atoms with Gasteiger partial charge in [-0.25, -0.2) is 4.79 Å². The van der Waals surface area contributed by atoms with Gasteiger partial charge in [-0.2, -0.15) is 0 Å². The maximum absolute atomic E-state index is 11.6. The Morgan fingerprint density at radius 3 is 2.83 bits per heavy atom. The monoisotopic (exact) mass is 249 g/mol. The number of hydrogen-bond acceptors (Lipinski definition) is 3. The van der Waals surface area contributed by atoms with E-state index in [9.17, 15) is 9.59 Å². The average Bonchev–Trinajstić information content (AvgIpc) is 2.76. The molecule has 96 valence electrons. The third kappa shape index (κ3) is 2.43. The van der Waals surface area contributed by atoms with E-state index in [0.29, 0.717) is 13.1 Å². The number of rotatable bonds is 4. The number of carbonyl (C=O) groups excluding carboxylic acids is 1. The summed E-state index contributed by atoms with van der Waals surface area (Å²) in [4.78, 5) is 24.0. The third-order valence-electron chi connectivity index (χ3n) is 2.90. The number of para-hydroxylation sites is 1. The number of aliphatic carboxylic acids is 1. The summed E-state index contributed by atoms with van der Waals surface area (Å²) in [5.41, 5.74) is 7.03. The van der Waals surface area contributed by atoms with Gasteiger partial charge in [0, 0.05) is 25.2 Å². The molecule has 0 aromatic heterocycles. The van der Waals surface area contributed by atoms with Gasteiger partial charge in [0.2, 0.25) is 0 Å². The van der Waals surface area contributed by atoms with Crippen molar-refractivity contribution >= 4 is 17.7 Å². The number of nitrogens with two attached hydrogens (primary N) is 1. The van der Waals surface area contributed by atoms with Crippen LogP contribution in [0.1, 0.15) is 5.56 Å². The number of carboxylic acid groups (broad SMARTS) is 1. The number of urea groups is 1. The molecule has 2 rings (SSSR count). The molecule has 1 atom stereocenters. The third-order valence-corrected chi connectivity index (χ3v) is 2.90. The van der Waals surface area contributed by atoms with Crippen molar-refractivity contribution in [2.45, 2.75) is 12.5 Å². The van der Waals surface area contributed by atoms with Crippen molar-refractivity contribution in [3.63, 3.8) is 0 Å². The van der Waals surface area contributed by atoms with E-state index in [1.165, 1.54) is 0 Å². The molecular weight excluding hydrogens is 234 g/mol. The van der Waals surface area contributed by atoms with Gasteiger partial charge in [0.25, 0.3) is 0 Å². The lowest BCUT2D eigenvalue weighted by molar-refractivity contribution is -0.138. The predicted molar refractivity (Wildman–Crippen MR) is 66.5 cm³/mol. The molecule has 0 aliphatic carbocycles. The first-order valence-corrected chi connectivity index (χ1v) is 5.71. The second-order valence-corrected chi connectivity index (χ2v) is 4.16. The lowest BCUT2D eigenvalue weighted by Gasteiger charge is -2.19. The van der Waals surface area contributed by atoms with Crippen molar-refractivity contribution in [1.82, 2.24) is 5.32 Å². The molecule has 1 aromatic rings. The molecule has 0 bridgehead atoms. The van der Waals surface area contributed by atoms with E-state index >= 15 is 0 Å². The van der Waals surface area contributed by atoms with Crippen LogP contribution in [0.5, 0.6) is 0 Å². The quantitative estimate of drug-likeness (QED) is 0.708. The zero-order chi connectivity index (χ0) is 13.1. The summed E-state index contributed by atoms with van der Waals surface area (Å²) in [5, 5.41) is 11.5. The van der Waals surface area contributed by atoms with Crippen LogP contribution in [0.2, 0.25) is 0 Å². The van der Waals surface area contributed by atoms with Gasteiger partial charge in [0.15, 0.2) is 0 Å². The lowest BCUT2D eigenvalue weighted by atomic mass is 10.0. The van der Waals surface area contributed by atoms with E-state index in [2.05, 4.69) is 5.32 Å². The number of amides is 2. The van der Waals surface area contributed by atoms with Crippen LogP contribution in [0.15, 0.2) is 24.3 Å². The molecule has 1 heterocycles. The normalized spacial score (nSPS) is 16.5. The smallest absolute Gasteiger partial charge is 0.322 e. The second-order valence-electron chi connectivity index (χ2n) is 4.16. The zero-order valence-electron chi connectivity index (χ0n) is 9.80.